The molecule has 18 heavy (non-hydrogen) atoms. The van der Waals surface area contributed by atoms with Gasteiger partial charge in [0, 0.05) is 16.5 Å². The largest absolute Gasteiger partial charge is 0.273 e. The third-order valence-electron chi connectivity index (χ3n) is 2.66. The SMILES string of the molecule is CC(C)(C)C(Br)Cc1cc(F)c(I)cc1[N+](=O)[O-]. The lowest BCUT2D eigenvalue weighted by molar-refractivity contribution is -0.385. The quantitative estimate of drug-likeness (QED) is 0.302. The van der Waals surface area contributed by atoms with Gasteiger partial charge in [-0.3, -0.25) is 10.1 Å². The summed E-state index contributed by atoms with van der Waals surface area (Å²) >= 11 is 5.27. The highest BCUT2D eigenvalue weighted by Crippen LogP contribution is 2.33. The molecule has 0 aliphatic heterocycles. The molecule has 0 fully saturated rings. The summed E-state index contributed by atoms with van der Waals surface area (Å²) in [6.07, 6.45) is 0.424. The standard InChI is InChI=1S/C12H14BrFINO2/c1-12(2,3)11(13)5-7-4-8(14)9(15)6-10(7)16(17)18/h4,6,11H,5H2,1-3H3. The summed E-state index contributed by atoms with van der Waals surface area (Å²) in [6.45, 7) is 6.09. The van der Waals surface area contributed by atoms with Crippen molar-refractivity contribution < 1.29 is 9.31 Å². The van der Waals surface area contributed by atoms with E-state index in [0.29, 0.717) is 12.0 Å². The number of nitro groups is 1. The van der Waals surface area contributed by atoms with Crippen molar-refractivity contribution in [2.24, 2.45) is 5.41 Å². The molecular weight excluding hydrogens is 416 g/mol. The van der Waals surface area contributed by atoms with Crippen LogP contribution in [0.1, 0.15) is 26.3 Å². The van der Waals surface area contributed by atoms with Gasteiger partial charge in [-0.1, -0.05) is 36.7 Å². The van der Waals surface area contributed by atoms with E-state index in [1.165, 1.54) is 12.1 Å². The summed E-state index contributed by atoms with van der Waals surface area (Å²) in [6, 6.07) is 2.55. The third kappa shape index (κ3) is 3.88. The highest BCUT2D eigenvalue weighted by Gasteiger charge is 2.26. The zero-order chi connectivity index (χ0) is 14.1. The van der Waals surface area contributed by atoms with Crippen molar-refractivity contribution in [3.05, 3.63) is 37.2 Å². The van der Waals surface area contributed by atoms with Gasteiger partial charge >= 0.3 is 0 Å². The molecule has 0 aliphatic rings. The maximum Gasteiger partial charge on any atom is 0.273 e. The van der Waals surface area contributed by atoms with E-state index in [1.807, 2.05) is 20.8 Å². The molecule has 3 nitrogen and oxygen atoms in total. The van der Waals surface area contributed by atoms with E-state index in [4.69, 9.17) is 0 Å². The molecule has 0 N–H and O–H groups in total. The Balaban J connectivity index is 3.15. The van der Waals surface area contributed by atoms with Gasteiger partial charge in [0.25, 0.3) is 5.69 Å². The highest BCUT2D eigenvalue weighted by molar-refractivity contribution is 14.1. The van der Waals surface area contributed by atoms with Crippen LogP contribution in [0.15, 0.2) is 12.1 Å². The second-order valence-electron chi connectivity index (χ2n) is 5.19. The highest BCUT2D eigenvalue weighted by atomic mass is 127. The van der Waals surface area contributed by atoms with Crippen LogP contribution in [-0.4, -0.2) is 9.75 Å². The summed E-state index contributed by atoms with van der Waals surface area (Å²) in [5, 5.41) is 11.0. The molecule has 1 aromatic rings. The fourth-order valence-corrected chi connectivity index (χ4v) is 2.21. The van der Waals surface area contributed by atoms with Crippen molar-refractivity contribution in [3.8, 4) is 0 Å². The lowest BCUT2D eigenvalue weighted by Gasteiger charge is -2.25. The van der Waals surface area contributed by atoms with Crippen LogP contribution in [0, 0.1) is 24.9 Å². The lowest BCUT2D eigenvalue weighted by Crippen LogP contribution is -2.23. The minimum atomic E-state index is -0.459. The van der Waals surface area contributed by atoms with Crippen LogP contribution in [0.25, 0.3) is 0 Å². The smallest absolute Gasteiger partial charge is 0.258 e. The van der Waals surface area contributed by atoms with E-state index in [2.05, 4.69) is 15.9 Å². The number of benzene rings is 1. The molecule has 0 amide bonds. The van der Waals surface area contributed by atoms with E-state index >= 15 is 0 Å². The fraction of sp³-hybridized carbons (Fsp3) is 0.500. The van der Waals surface area contributed by atoms with E-state index in [9.17, 15) is 14.5 Å². The topological polar surface area (TPSA) is 43.1 Å². The zero-order valence-corrected chi connectivity index (χ0v) is 14.1. The van der Waals surface area contributed by atoms with Crippen molar-refractivity contribution in [3.63, 3.8) is 0 Å². The van der Waals surface area contributed by atoms with Gasteiger partial charge in [0.1, 0.15) is 5.82 Å². The van der Waals surface area contributed by atoms with Crippen LogP contribution in [0.5, 0.6) is 0 Å². The van der Waals surface area contributed by atoms with Gasteiger partial charge in [-0.25, -0.2) is 4.39 Å². The molecule has 1 atom stereocenters. The molecular formula is C12H14BrFINO2. The molecule has 0 saturated carbocycles. The van der Waals surface area contributed by atoms with Crippen LogP contribution in [0.4, 0.5) is 10.1 Å². The zero-order valence-electron chi connectivity index (χ0n) is 10.3. The number of alkyl halides is 1. The minimum Gasteiger partial charge on any atom is -0.258 e. The van der Waals surface area contributed by atoms with E-state index in [0.717, 1.165) is 0 Å². The number of rotatable bonds is 3. The first-order valence-electron chi connectivity index (χ1n) is 5.39. The van der Waals surface area contributed by atoms with Crippen molar-refractivity contribution >= 4 is 44.2 Å². The van der Waals surface area contributed by atoms with Crippen LogP contribution >= 0.6 is 38.5 Å². The molecule has 0 bridgehead atoms. The predicted molar refractivity (Wildman–Crippen MR) is 81.6 cm³/mol. The first-order chi connectivity index (χ1) is 8.12. The molecule has 0 radical (unpaired) electrons. The molecule has 1 unspecified atom stereocenters. The molecule has 0 spiro atoms. The summed E-state index contributed by atoms with van der Waals surface area (Å²) in [5.41, 5.74) is 0.358. The van der Waals surface area contributed by atoms with Gasteiger partial charge in [-0.2, -0.15) is 0 Å². The predicted octanol–water partition coefficient (Wildman–Crippen LogP) is 4.69. The van der Waals surface area contributed by atoms with Crippen LogP contribution in [-0.2, 0) is 6.42 Å². The Morgan fingerprint density at radius 2 is 2.06 bits per heavy atom. The van der Waals surface area contributed by atoms with Gasteiger partial charge in [0.05, 0.1) is 8.49 Å². The maximum absolute atomic E-state index is 13.5. The van der Waals surface area contributed by atoms with Crippen molar-refractivity contribution in [1.29, 1.82) is 0 Å². The summed E-state index contributed by atoms with van der Waals surface area (Å²) in [4.78, 5) is 10.6. The van der Waals surface area contributed by atoms with Crippen molar-refractivity contribution in [2.75, 3.05) is 0 Å². The normalized spacial score (nSPS) is 13.4. The average Bonchev–Trinajstić information content (AvgIpc) is 2.21. The molecule has 100 valence electrons. The molecule has 0 aromatic heterocycles. The Bertz CT molecular complexity index is 474. The molecule has 0 heterocycles. The van der Waals surface area contributed by atoms with Crippen LogP contribution < -0.4 is 0 Å². The lowest BCUT2D eigenvalue weighted by atomic mass is 9.88. The Morgan fingerprint density at radius 1 is 1.50 bits per heavy atom. The van der Waals surface area contributed by atoms with E-state index < -0.39 is 10.7 Å². The molecule has 0 aliphatic carbocycles. The summed E-state index contributed by atoms with van der Waals surface area (Å²) in [7, 11) is 0. The number of hydrogen-bond donors (Lipinski definition) is 0. The van der Waals surface area contributed by atoms with Gasteiger partial charge in [-0.05, 0) is 40.5 Å². The first kappa shape index (κ1) is 15.8. The van der Waals surface area contributed by atoms with Gasteiger partial charge < -0.3 is 0 Å². The molecule has 0 saturated heterocycles. The van der Waals surface area contributed by atoms with E-state index in [1.54, 1.807) is 22.6 Å². The van der Waals surface area contributed by atoms with Crippen molar-refractivity contribution in [1.82, 2.24) is 0 Å². The summed E-state index contributed by atoms with van der Waals surface area (Å²) < 4.78 is 13.8. The van der Waals surface area contributed by atoms with Gasteiger partial charge in [-0.15, -0.1) is 0 Å². The number of hydrogen-bond acceptors (Lipinski definition) is 2. The minimum absolute atomic E-state index is 0.0190. The maximum atomic E-state index is 13.5. The Labute approximate surface area is 128 Å². The Hall–Kier alpha value is -0.240. The van der Waals surface area contributed by atoms with Gasteiger partial charge in [0.2, 0.25) is 0 Å². The number of nitro benzene ring substituents is 1. The Morgan fingerprint density at radius 3 is 2.50 bits per heavy atom. The second-order valence-corrected chi connectivity index (χ2v) is 7.46. The molecule has 1 rings (SSSR count). The van der Waals surface area contributed by atoms with Crippen LogP contribution in [0.3, 0.4) is 0 Å². The monoisotopic (exact) mass is 429 g/mol. The van der Waals surface area contributed by atoms with Crippen molar-refractivity contribution in [2.45, 2.75) is 32.0 Å². The number of nitrogens with zero attached hydrogens (tertiary/aromatic N) is 1. The average molecular weight is 430 g/mol. The fourth-order valence-electron chi connectivity index (χ4n) is 1.41. The van der Waals surface area contributed by atoms with Gasteiger partial charge in [0.15, 0.2) is 0 Å². The second kappa shape index (κ2) is 5.81. The third-order valence-corrected chi connectivity index (χ3v) is 5.18. The molecule has 1 aromatic carbocycles. The number of halogens is 3. The molecule has 6 heteroatoms. The first-order valence-corrected chi connectivity index (χ1v) is 7.38. The van der Waals surface area contributed by atoms with E-state index in [-0.39, 0.29) is 19.5 Å². The van der Waals surface area contributed by atoms with Crippen LogP contribution in [0.2, 0.25) is 0 Å². The Kier molecular flexibility index (Phi) is 5.11. The summed E-state index contributed by atoms with van der Waals surface area (Å²) in [5.74, 6) is -0.412.